The van der Waals surface area contributed by atoms with Gasteiger partial charge in [-0.1, -0.05) is 60.1 Å². The molecule has 1 atom stereocenters. The number of fused-ring (bicyclic) bond motifs is 1. The van der Waals surface area contributed by atoms with Gasteiger partial charge in [0.25, 0.3) is 0 Å². The lowest BCUT2D eigenvalue weighted by molar-refractivity contribution is -0.137. The van der Waals surface area contributed by atoms with Gasteiger partial charge in [0.15, 0.2) is 0 Å². The van der Waals surface area contributed by atoms with Gasteiger partial charge in [0.2, 0.25) is 0 Å². The van der Waals surface area contributed by atoms with Crippen LogP contribution in [0.25, 0.3) is 22.0 Å². The number of hydrogen-bond donors (Lipinski definition) is 1. The molecule has 31 heavy (non-hydrogen) atoms. The quantitative estimate of drug-likeness (QED) is 0.349. The van der Waals surface area contributed by atoms with Crippen molar-refractivity contribution in [2.45, 2.75) is 25.7 Å². The molecule has 0 aliphatic carbocycles. The van der Waals surface area contributed by atoms with E-state index < -0.39 is 11.7 Å². The molecule has 4 rings (SSSR count). The third-order valence-electron chi connectivity index (χ3n) is 5.19. The Kier molecular flexibility index (Phi) is 5.99. The van der Waals surface area contributed by atoms with Gasteiger partial charge >= 0.3 is 6.18 Å². The minimum absolute atomic E-state index is 0.0724. The van der Waals surface area contributed by atoms with Gasteiger partial charge in [-0.05, 0) is 48.2 Å². The van der Waals surface area contributed by atoms with Gasteiger partial charge in [0.05, 0.1) is 17.0 Å². The molecule has 0 saturated heterocycles. The third-order valence-corrected chi connectivity index (χ3v) is 5.43. The number of alkyl halides is 3. The maximum Gasteiger partial charge on any atom is 0.416 e. The van der Waals surface area contributed by atoms with Gasteiger partial charge < -0.3 is 5.32 Å². The summed E-state index contributed by atoms with van der Waals surface area (Å²) in [6.07, 6.45) is -4.37. The van der Waals surface area contributed by atoms with Crippen LogP contribution in [0.1, 0.15) is 29.8 Å². The largest absolute Gasteiger partial charge is 0.416 e. The van der Waals surface area contributed by atoms with Crippen molar-refractivity contribution in [1.29, 1.82) is 0 Å². The van der Waals surface area contributed by atoms with Crippen LogP contribution >= 0.6 is 11.6 Å². The zero-order chi connectivity index (χ0) is 22.0. The summed E-state index contributed by atoms with van der Waals surface area (Å²) in [5, 5.41) is 6.01. The SMILES string of the molecule is CC(NCc1cccc(Cl)c1)c1cc2ccccc2c(-c2ccc(C(F)(F)F)cc2)n1. The summed E-state index contributed by atoms with van der Waals surface area (Å²) in [4.78, 5) is 4.82. The molecule has 0 aliphatic heterocycles. The fourth-order valence-electron chi connectivity index (χ4n) is 3.50. The molecule has 0 aliphatic rings. The third kappa shape index (κ3) is 4.89. The lowest BCUT2D eigenvalue weighted by atomic mass is 10.0. The summed E-state index contributed by atoms with van der Waals surface area (Å²) in [5.74, 6) is 0. The van der Waals surface area contributed by atoms with E-state index in [9.17, 15) is 13.2 Å². The molecular formula is C25H20ClF3N2. The summed E-state index contributed by atoms with van der Waals surface area (Å²) in [6.45, 7) is 2.63. The van der Waals surface area contributed by atoms with E-state index in [1.54, 1.807) is 0 Å². The van der Waals surface area contributed by atoms with Crippen LogP contribution < -0.4 is 5.32 Å². The summed E-state index contributed by atoms with van der Waals surface area (Å²) in [7, 11) is 0. The summed E-state index contributed by atoms with van der Waals surface area (Å²) in [5.41, 5.74) is 2.51. The molecule has 2 nitrogen and oxygen atoms in total. The molecule has 3 aromatic carbocycles. The molecule has 1 unspecified atom stereocenters. The van der Waals surface area contributed by atoms with Gasteiger partial charge in [0, 0.05) is 28.6 Å². The first-order chi connectivity index (χ1) is 14.8. The predicted octanol–water partition coefficient (Wildman–Crippen LogP) is 7.42. The normalized spacial score (nSPS) is 12.8. The van der Waals surface area contributed by atoms with E-state index in [1.165, 1.54) is 12.1 Å². The van der Waals surface area contributed by atoms with E-state index in [1.807, 2.05) is 61.5 Å². The Hall–Kier alpha value is -2.89. The lowest BCUT2D eigenvalue weighted by Gasteiger charge is -2.17. The van der Waals surface area contributed by atoms with E-state index in [-0.39, 0.29) is 6.04 Å². The van der Waals surface area contributed by atoms with Crippen molar-refractivity contribution in [3.05, 3.63) is 101 Å². The topological polar surface area (TPSA) is 24.9 Å². The smallest absolute Gasteiger partial charge is 0.305 e. The highest BCUT2D eigenvalue weighted by atomic mass is 35.5. The first-order valence-electron chi connectivity index (χ1n) is 9.86. The number of hydrogen-bond acceptors (Lipinski definition) is 2. The minimum atomic E-state index is -4.37. The van der Waals surface area contributed by atoms with Crippen molar-refractivity contribution >= 4 is 22.4 Å². The van der Waals surface area contributed by atoms with Crippen molar-refractivity contribution in [3.63, 3.8) is 0 Å². The summed E-state index contributed by atoms with van der Waals surface area (Å²) < 4.78 is 38.9. The van der Waals surface area contributed by atoms with E-state index in [2.05, 4.69) is 5.32 Å². The molecule has 158 valence electrons. The average molecular weight is 441 g/mol. The van der Waals surface area contributed by atoms with E-state index in [0.29, 0.717) is 22.8 Å². The molecule has 6 heteroatoms. The Morgan fingerprint density at radius 1 is 0.935 bits per heavy atom. The molecule has 4 aromatic rings. The molecule has 0 radical (unpaired) electrons. The summed E-state index contributed by atoms with van der Waals surface area (Å²) in [6, 6.07) is 22.5. The molecular weight excluding hydrogens is 421 g/mol. The maximum absolute atomic E-state index is 13.0. The lowest BCUT2D eigenvalue weighted by Crippen LogP contribution is -2.19. The van der Waals surface area contributed by atoms with Crippen LogP contribution in [0.4, 0.5) is 13.2 Å². The summed E-state index contributed by atoms with van der Waals surface area (Å²) >= 11 is 6.06. The second kappa shape index (κ2) is 8.69. The van der Waals surface area contributed by atoms with Gasteiger partial charge in [-0.3, -0.25) is 4.98 Å². The van der Waals surface area contributed by atoms with Crippen LogP contribution in [0, 0.1) is 0 Å². The van der Waals surface area contributed by atoms with Crippen LogP contribution in [0.3, 0.4) is 0 Å². The van der Waals surface area contributed by atoms with Crippen LogP contribution in [-0.2, 0) is 12.7 Å². The Balaban J connectivity index is 1.67. The Labute approximate surface area is 183 Å². The highest BCUT2D eigenvalue weighted by Crippen LogP contribution is 2.33. The first-order valence-corrected chi connectivity index (χ1v) is 10.2. The minimum Gasteiger partial charge on any atom is -0.305 e. The zero-order valence-electron chi connectivity index (χ0n) is 16.7. The van der Waals surface area contributed by atoms with Crippen molar-refractivity contribution < 1.29 is 13.2 Å². The van der Waals surface area contributed by atoms with Crippen LogP contribution in [-0.4, -0.2) is 4.98 Å². The van der Waals surface area contributed by atoms with Crippen molar-refractivity contribution in [1.82, 2.24) is 10.3 Å². The molecule has 0 amide bonds. The number of rotatable bonds is 5. The fourth-order valence-corrected chi connectivity index (χ4v) is 3.71. The predicted molar refractivity (Wildman–Crippen MR) is 119 cm³/mol. The highest BCUT2D eigenvalue weighted by molar-refractivity contribution is 6.30. The van der Waals surface area contributed by atoms with Crippen LogP contribution in [0.5, 0.6) is 0 Å². The standard InChI is InChI=1S/C25H20ClF3N2/c1-16(30-15-17-5-4-7-21(26)13-17)23-14-19-6-2-3-8-22(19)24(31-23)18-9-11-20(12-10-18)25(27,28)29/h2-14,16,30H,15H2,1H3. The van der Waals surface area contributed by atoms with Gasteiger partial charge in [-0.15, -0.1) is 0 Å². The molecule has 1 N–H and O–H groups in total. The Morgan fingerprint density at radius 2 is 1.68 bits per heavy atom. The number of benzene rings is 3. The number of halogens is 4. The Morgan fingerprint density at radius 3 is 2.39 bits per heavy atom. The van der Waals surface area contributed by atoms with Gasteiger partial charge in [-0.25, -0.2) is 0 Å². The van der Waals surface area contributed by atoms with E-state index >= 15 is 0 Å². The molecule has 0 fully saturated rings. The maximum atomic E-state index is 13.0. The number of nitrogens with one attached hydrogen (secondary N) is 1. The van der Waals surface area contributed by atoms with Crippen molar-refractivity contribution in [2.75, 3.05) is 0 Å². The average Bonchev–Trinajstić information content (AvgIpc) is 2.76. The van der Waals surface area contributed by atoms with E-state index in [0.717, 1.165) is 34.2 Å². The molecule has 0 spiro atoms. The molecule has 1 aromatic heterocycles. The number of nitrogens with zero attached hydrogens (tertiary/aromatic N) is 1. The van der Waals surface area contributed by atoms with Crippen molar-refractivity contribution in [3.8, 4) is 11.3 Å². The van der Waals surface area contributed by atoms with E-state index in [4.69, 9.17) is 16.6 Å². The van der Waals surface area contributed by atoms with Crippen LogP contribution in [0.15, 0.2) is 78.9 Å². The molecule has 0 saturated carbocycles. The second-order valence-electron chi connectivity index (χ2n) is 7.42. The van der Waals surface area contributed by atoms with Gasteiger partial charge in [0.1, 0.15) is 0 Å². The van der Waals surface area contributed by atoms with Crippen LogP contribution in [0.2, 0.25) is 5.02 Å². The molecule has 0 bridgehead atoms. The second-order valence-corrected chi connectivity index (χ2v) is 7.86. The number of pyridine rings is 1. The van der Waals surface area contributed by atoms with Gasteiger partial charge in [-0.2, -0.15) is 13.2 Å². The highest BCUT2D eigenvalue weighted by Gasteiger charge is 2.30. The number of aromatic nitrogens is 1. The van der Waals surface area contributed by atoms with Crippen molar-refractivity contribution in [2.24, 2.45) is 0 Å². The first kappa shape index (κ1) is 21.3. The fraction of sp³-hybridized carbons (Fsp3) is 0.160. The monoisotopic (exact) mass is 440 g/mol. The Bertz CT molecular complexity index is 1200. The molecule has 1 heterocycles. The zero-order valence-corrected chi connectivity index (χ0v) is 17.5.